The molecule has 2 aromatic rings. The monoisotopic (exact) mass is 312 g/mol. The summed E-state index contributed by atoms with van der Waals surface area (Å²) in [6.45, 7) is 4.28. The van der Waals surface area contributed by atoms with Crippen LogP contribution in [0.15, 0.2) is 47.9 Å². The van der Waals surface area contributed by atoms with E-state index in [1.54, 1.807) is 0 Å². The number of hydrogen-bond acceptors (Lipinski definition) is 4. The molecule has 0 aliphatic rings. The number of rotatable bonds is 2. The van der Waals surface area contributed by atoms with Crippen molar-refractivity contribution >= 4 is 5.97 Å². The molecule has 6 heteroatoms. The predicted octanol–water partition coefficient (Wildman–Crippen LogP) is 3.45. The normalized spacial score (nSPS) is 9.17. The van der Waals surface area contributed by atoms with E-state index in [1.165, 1.54) is 29.2 Å². The third kappa shape index (κ3) is 5.98. The molecule has 0 fully saturated rings. The highest BCUT2D eigenvalue weighted by Crippen LogP contribution is 2.14. The molecule has 0 saturated heterocycles. The van der Waals surface area contributed by atoms with Gasteiger partial charge in [-0.2, -0.15) is 0 Å². The van der Waals surface area contributed by atoms with Crippen molar-refractivity contribution in [2.45, 2.75) is 19.8 Å². The van der Waals surface area contributed by atoms with Crippen LogP contribution in [-0.4, -0.2) is 21.3 Å². The van der Waals surface area contributed by atoms with Gasteiger partial charge in [0.25, 0.3) is 0 Å². The molecule has 0 bridgehead atoms. The second-order valence-electron chi connectivity index (χ2n) is 4.84. The number of aromatic nitrogens is 1. The molecule has 1 aromatic heterocycles. The van der Waals surface area contributed by atoms with E-state index in [9.17, 15) is 4.79 Å². The molecule has 2 N–H and O–H groups in total. The molecule has 0 unspecified atom stereocenters. The third-order valence-corrected chi connectivity index (χ3v) is 2.92. The van der Waals surface area contributed by atoms with Crippen molar-refractivity contribution in [2.24, 2.45) is 5.34 Å². The maximum absolute atomic E-state index is 10.9. The van der Waals surface area contributed by atoms with Crippen molar-refractivity contribution in [3.8, 4) is 11.8 Å². The molecule has 0 aliphatic heterocycles. The van der Waals surface area contributed by atoms with Crippen LogP contribution in [0, 0.1) is 16.7 Å². The highest BCUT2D eigenvalue weighted by Gasteiger charge is 2.02. The largest absolute Gasteiger partial charge is 0.478 e. The lowest BCUT2D eigenvalue weighted by Crippen LogP contribution is -1.97. The number of aromatic carboxylic acids is 1. The van der Waals surface area contributed by atoms with E-state index in [-0.39, 0.29) is 5.56 Å². The van der Waals surface area contributed by atoms with Gasteiger partial charge < -0.3 is 10.3 Å². The van der Waals surface area contributed by atoms with Gasteiger partial charge in [0, 0.05) is 11.8 Å². The number of hydrogen-bond donors (Lipinski definition) is 2. The highest BCUT2D eigenvalue weighted by atomic mass is 16.6. The summed E-state index contributed by atoms with van der Waals surface area (Å²) in [5.74, 6) is 5.38. The molecule has 0 spiro atoms. The predicted molar refractivity (Wildman–Crippen MR) is 85.3 cm³/mol. The van der Waals surface area contributed by atoms with Gasteiger partial charge in [0.05, 0.1) is 5.56 Å². The average molecular weight is 312 g/mol. The van der Waals surface area contributed by atoms with Crippen molar-refractivity contribution < 1.29 is 15.1 Å². The minimum Gasteiger partial charge on any atom is -0.478 e. The Bertz CT molecular complexity index is 728. The summed E-state index contributed by atoms with van der Waals surface area (Å²) in [5, 5.41) is 16.8. The van der Waals surface area contributed by atoms with Gasteiger partial charge in [0.2, 0.25) is 0 Å². The van der Waals surface area contributed by atoms with Crippen molar-refractivity contribution in [1.82, 2.24) is 4.98 Å². The number of carboxylic acid groups (broad SMARTS) is 1. The smallest absolute Gasteiger partial charge is 0.335 e. The Morgan fingerprint density at radius 1 is 1.17 bits per heavy atom. The Labute approximate surface area is 133 Å². The topological polar surface area (TPSA) is 99.8 Å². The lowest BCUT2D eigenvalue weighted by atomic mass is 10.0. The quantitative estimate of drug-likeness (QED) is 0.502. The number of pyridine rings is 1. The van der Waals surface area contributed by atoms with Gasteiger partial charge in [-0.3, -0.25) is 0 Å². The maximum atomic E-state index is 10.9. The maximum Gasteiger partial charge on any atom is 0.335 e. The van der Waals surface area contributed by atoms with Crippen LogP contribution in [0.5, 0.6) is 0 Å². The SMILES string of the molecule is CC(C)c1ccc(C#Cc2cc(C(=O)O)ccn2)cc1.O=NO. The summed E-state index contributed by atoms with van der Waals surface area (Å²) in [6, 6.07) is 10.9. The van der Waals surface area contributed by atoms with Crippen LogP contribution in [0.2, 0.25) is 0 Å². The molecule has 1 heterocycles. The van der Waals surface area contributed by atoms with Crippen molar-refractivity contribution in [1.29, 1.82) is 0 Å². The molecule has 118 valence electrons. The van der Waals surface area contributed by atoms with Gasteiger partial charge in [-0.25, -0.2) is 9.78 Å². The Balaban J connectivity index is 0.000000816. The fourth-order valence-corrected chi connectivity index (χ4v) is 1.72. The van der Waals surface area contributed by atoms with Gasteiger partial charge in [0.15, 0.2) is 5.34 Å². The first kappa shape index (κ1) is 17.9. The van der Waals surface area contributed by atoms with Crippen molar-refractivity contribution in [2.75, 3.05) is 0 Å². The summed E-state index contributed by atoms with van der Waals surface area (Å²) >= 11 is 0. The van der Waals surface area contributed by atoms with E-state index in [4.69, 9.17) is 15.2 Å². The molecular weight excluding hydrogens is 296 g/mol. The summed E-state index contributed by atoms with van der Waals surface area (Å²) < 4.78 is 0. The van der Waals surface area contributed by atoms with E-state index in [1.807, 2.05) is 12.1 Å². The third-order valence-electron chi connectivity index (χ3n) is 2.92. The van der Waals surface area contributed by atoms with E-state index < -0.39 is 5.97 Å². The number of carbonyl (C=O) groups is 1. The van der Waals surface area contributed by atoms with Crippen LogP contribution >= 0.6 is 0 Å². The second kappa shape index (κ2) is 8.95. The van der Waals surface area contributed by atoms with Crippen LogP contribution in [0.1, 0.15) is 46.9 Å². The molecular formula is C17H16N2O4. The number of carboxylic acids is 1. The molecule has 0 atom stereocenters. The van der Waals surface area contributed by atoms with Gasteiger partial charge in [0.1, 0.15) is 5.69 Å². The molecule has 1 aromatic carbocycles. The second-order valence-corrected chi connectivity index (χ2v) is 4.84. The number of nitrogens with zero attached hydrogens (tertiary/aromatic N) is 2. The fraction of sp³-hybridized carbons (Fsp3) is 0.176. The molecule has 0 aliphatic carbocycles. The van der Waals surface area contributed by atoms with Crippen LogP contribution in [0.25, 0.3) is 0 Å². The molecule has 0 amide bonds. The lowest BCUT2D eigenvalue weighted by molar-refractivity contribution is 0.0696. The van der Waals surface area contributed by atoms with E-state index in [0.717, 1.165) is 5.56 Å². The van der Waals surface area contributed by atoms with Crippen molar-refractivity contribution in [3.05, 3.63) is 69.9 Å². The first-order chi connectivity index (χ1) is 11.0. The molecule has 0 saturated carbocycles. The van der Waals surface area contributed by atoms with Crippen LogP contribution in [-0.2, 0) is 0 Å². The Morgan fingerprint density at radius 2 is 1.78 bits per heavy atom. The first-order valence-corrected chi connectivity index (χ1v) is 6.76. The average Bonchev–Trinajstić information content (AvgIpc) is 2.54. The highest BCUT2D eigenvalue weighted by molar-refractivity contribution is 5.87. The van der Waals surface area contributed by atoms with Gasteiger partial charge >= 0.3 is 5.97 Å². The first-order valence-electron chi connectivity index (χ1n) is 6.76. The summed E-state index contributed by atoms with van der Waals surface area (Å²) in [7, 11) is 0. The molecule has 6 nitrogen and oxygen atoms in total. The Morgan fingerprint density at radius 3 is 2.30 bits per heavy atom. The van der Waals surface area contributed by atoms with Crippen LogP contribution in [0.4, 0.5) is 0 Å². The Kier molecular flexibility index (Phi) is 6.95. The molecule has 0 radical (unpaired) electrons. The van der Waals surface area contributed by atoms with E-state index in [0.29, 0.717) is 11.6 Å². The van der Waals surface area contributed by atoms with Crippen LogP contribution < -0.4 is 0 Å². The molecule has 23 heavy (non-hydrogen) atoms. The zero-order valence-electron chi connectivity index (χ0n) is 12.7. The zero-order valence-corrected chi connectivity index (χ0v) is 12.7. The zero-order chi connectivity index (χ0) is 17.2. The van der Waals surface area contributed by atoms with Crippen molar-refractivity contribution in [3.63, 3.8) is 0 Å². The van der Waals surface area contributed by atoms with Gasteiger partial charge in [-0.1, -0.05) is 31.9 Å². The van der Waals surface area contributed by atoms with Crippen LogP contribution in [0.3, 0.4) is 0 Å². The summed E-state index contributed by atoms with van der Waals surface area (Å²) in [5.41, 5.74) is 2.80. The Hall–Kier alpha value is -3.20. The van der Waals surface area contributed by atoms with E-state index >= 15 is 0 Å². The lowest BCUT2D eigenvalue weighted by Gasteiger charge is -2.03. The minimum atomic E-state index is -0.975. The van der Waals surface area contributed by atoms with Gasteiger partial charge in [-0.05, 0) is 41.7 Å². The van der Waals surface area contributed by atoms with Gasteiger partial charge in [-0.15, -0.1) is 4.91 Å². The van der Waals surface area contributed by atoms with E-state index in [2.05, 4.69) is 42.8 Å². The summed E-state index contributed by atoms with van der Waals surface area (Å²) in [6.07, 6.45) is 1.45. The summed E-state index contributed by atoms with van der Waals surface area (Å²) in [4.78, 5) is 23.0. The molecule has 2 rings (SSSR count). The minimum absolute atomic E-state index is 0.194. The standard InChI is InChI=1S/C17H15NO2.HNO2/c1-12(2)14-6-3-13(4-7-14)5-8-16-11-15(17(19)20)9-10-18-16;2-1-3/h3-4,6-7,9-12H,1-2H3,(H,19,20);(H,2,3). The number of benzene rings is 1. The fourth-order valence-electron chi connectivity index (χ4n) is 1.72.